The fourth-order valence-corrected chi connectivity index (χ4v) is 3.58. The van der Waals surface area contributed by atoms with Crippen LogP contribution in [0.15, 0.2) is 0 Å². The van der Waals surface area contributed by atoms with Gasteiger partial charge in [-0.15, -0.1) is 12.4 Å². The number of piperidine rings is 1. The molecule has 2 aliphatic rings. The molecule has 1 amide bonds. The van der Waals surface area contributed by atoms with E-state index < -0.39 is 43.2 Å². The minimum atomic E-state index is -5.42. The molecule has 0 aromatic heterocycles. The first-order valence-corrected chi connectivity index (χ1v) is 8.10. The van der Waals surface area contributed by atoms with Gasteiger partial charge in [-0.3, -0.25) is 4.79 Å². The van der Waals surface area contributed by atoms with Gasteiger partial charge in [-0.2, -0.15) is 26.3 Å². The van der Waals surface area contributed by atoms with E-state index >= 15 is 0 Å². The largest absolute Gasteiger partial charge is 0.404 e. The van der Waals surface area contributed by atoms with Crippen LogP contribution in [0, 0.1) is 17.3 Å². The summed E-state index contributed by atoms with van der Waals surface area (Å²) >= 11 is 0. The highest BCUT2D eigenvalue weighted by molar-refractivity contribution is 5.85. The minimum Gasteiger partial charge on any atom is -0.341 e. The van der Waals surface area contributed by atoms with Crippen LogP contribution in [0.25, 0.3) is 0 Å². The summed E-state index contributed by atoms with van der Waals surface area (Å²) in [6.45, 7) is 1.61. The van der Waals surface area contributed by atoms with Crippen molar-refractivity contribution in [2.45, 2.75) is 45.0 Å². The molecule has 148 valence electrons. The summed E-state index contributed by atoms with van der Waals surface area (Å²) in [6.07, 6.45) is -10.1. The standard InChI is InChI=1S/C15H22F6N2O.ClH/c1-10(11-3-2-5-22-8-11)7-12(24)23-6-4-13(9-23,14(16,17)18)15(19,20)21;/h10-11,22H,2-9H2,1H3;1H. The lowest BCUT2D eigenvalue weighted by molar-refractivity contribution is -0.334. The number of alkyl halides is 6. The van der Waals surface area contributed by atoms with Gasteiger partial charge in [-0.25, -0.2) is 0 Å². The lowest BCUT2D eigenvalue weighted by atomic mass is 9.84. The normalized spacial score (nSPS) is 25.4. The van der Waals surface area contributed by atoms with Crippen LogP contribution in [0.1, 0.15) is 32.6 Å². The highest BCUT2D eigenvalue weighted by Gasteiger charge is 2.72. The predicted octanol–water partition coefficient (Wildman–Crippen LogP) is 3.78. The van der Waals surface area contributed by atoms with Crippen LogP contribution in [0.3, 0.4) is 0 Å². The van der Waals surface area contributed by atoms with Crippen molar-refractivity contribution in [3.05, 3.63) is 0 Å². The second-order valence-corrected chi connectivity index (χ2v) is 6.93. The summed E-state index contributed by atoms with van der Waals surface area (Å²) in [4.78, 5) is 12.9. The number of likely N-dealkylation sites (tertiary alicyclic amines) is 1. The molecule has 0 aliphatic carbocycles. The second kappa shape index (κ2) is 7.90. The molecule has 0 spiro atoms. The topological polar surface area (TPSA) is 32.3 Å². The van der Waals surface area contributed by atoms with Crippen LogP contribution in [-0.4, -0.2) is 49.3 Å². The van der Waals surface area contributed by atoms with Gasteiger partial charge in [0.25, 0.3) is 0 Å². The number of halogens is 7. The van der Waals surface area contributed by atoms with Crippen molar-refractivity contribution < 1.29 is 31.1 Å². The van der Waals surface area contributed by atoms with Gasteiger partial charge < -0.3 is 10.2 Å². The van der Waals surface area contributed by atoms with E-state index in [2.05, 4.69) is 5.32 Å². The summed E-state index contributed by atoms with van der Waals surface area (Å²) in [6, 6.07) is 0. The third-order valence-corrected chi connectivity index (χ3v) is 5.34. The van der Waals surface area contributed by atoms with E-state index in [1.165, 1.54) is 0 Å². The van der Waals surface area contributed by atoms with Gasteiger partial charge in [-0.1, -0.05) is 6.92 Å². The molecule has 0 bridgehead atoms. The van der Waals surface area contributed by atoms with Gasteiger partial charge in [0.2, 0.25) is 5.91 Å². The van der Waals surface area contributed by atoms with E-state index in [0.717, 1.165) is 30.8 Å². The molecule has 0 radical (unpaired) electrons. The van der Waals surface area contributed by atoms with Crippen LogP contribution in [0.4, 0.5) is 26.3 Å². The molecular weight excluding hydrogens is 374 g/mol. The zero-order valence-corrected chi connectivity index (χ0v) is 14.7. The molecule has 3 nitrogen and oxygen atoms in total. The maximum atomic E-state index is 13.0. The first kappa shape index (κ1) is 22.3. The molecule has 2 atom stereocenters. The number of carbonyl (C=O) groups is 1. The molecule has 2 unspecified atom stereocenters. The van der Waals surface area contributed by atoms with Crippen molar-refractivity contribution in [1.29, 1.82) is 0 Å². The van der Waals surface area contributed by atoms with Crippen LogP contribution >= 0.6 is 12.4 Å². The second-order valence-electron chi connectivity index (χ2n) is 6.93. The fourth-order valence-electron chi connectivity index (χ4n) is 3.58. The first-order chi connectivity index (χ1) is 11.0. The van der Waals surface area contributed by atoms with Crippen LogP contribution in [0.5, 0.6) is 0 Å². The van der Waals surface area contributed by atoms with Gasteiger partial charge in [0.1, 0.15) is 0 Å². The van der Waals surface area contributed by atoms with E-state index in [0.29, 0.717) is 0 Å². The maximum absolute atomic E-state index is 13.0. The zero-order valence-electron chi connectivity index (χ0n) is 13.8. The van der Waals surface area contributed by atoms with Crippen LogP contribution in [0.2, 0.25) is 0 Å². The fraction of sp³-hybridized carbons (Fsp3) is 0.933. The Bertz CT molecular complexity index is 448. The van der Waals surface area contributed by atoms with E-state index in [-0.39, 0.29) is 30.7 Å². The van der Waals surface area contributed by atoms with Gasteiger partial charge in [0, 0.05) is 19.5 Å². The van der Waals surface area contributed by atoms with Crippen molar-refractivity contribution >= 4 is 18.3 Å². The third kappa shape index (κ3) is 4.53. The SMILES string of the molecule is CC(CC(=O)N1CCC(C(F)(F)F)(C(F)(F)F)C1)C1CCCNC1.Cl. The predicted molar refractivity (Wildman–Crippen MR) is 82.4 cm³/mol. The molecule has 25 heavy (non-hydrogen) atoms. The summed E-state index contributed by atoms with van der Waals surface area (Å²) in [7, 11) is 0. The molecule has 2 fully saturated rings. The quantitative estimate of drug-likeness (QED) is 0.736. The maximum Gasteiger partial charge on any atom is 0.404 e. The average Bonchev–Trinajstić information content (AvgIpc) is 2.94. The first-order valence-electron chi connectivity index (χ1n) is 8.10. The van der Waals surface area contributed by atoms with Crippen molar-refractivity contribution in [2.24, 2.45) is 17.3 Å². The lowest BCUT2D eigenvalue weighted by Gasteiger charge is -2.34. The van der Waals surface area contributed by atoms with E-state index in [9.17, 15) is 31.1 Å². The highest BCUT2D eigenvalue weighted by atomic mass is 35.5. The van der Waals surface area contributed by atoms with Crippen molar-refractivity contribution in [3.8, 4) is 0 Å². The summed E-state index contributed by atoms with van der Waals surface area (Å²) < 4.78 is 78.2. The Kier molecular flexibility index (Phi) is 7.06. The summed E-state index contributed by atoms with van der Waals surface area (Å²) in [5.41, 5.74) is -3.80. The van der Waals surface area contributed by atoms with E-state index in [1.54, 1.807) is 0 Å². The number of carbonyl (C=O) groups excluding carboxylic acids is 1. The molecule has 0 aromatic rings. The summed E-state index contributed by atoms with van der Waals surface area (Å²) in [5.74, 6) is -0.471. The number of hydrogen-bond donors (Lipinski definition) is 1. The van der Waals surface area contributed by atoms with Crippen molar-refractivity contribution in [2.75, 3.05) is 26.2 Å². The molecule has 0 aromatic carbocycles. The third-order valence-electron chi connectivity index (χ3n) is 5.34. The molecule has 2 heterocycles. The van der Waals surface area contributed by atoms with Gasteiger partial charge in [-0.05, 0) is 44.2 Å². The monoisotopic (exact) mass is 396 g/mol. The Balaban J connectivity index is 0.00000312. The number of rotatable bonds is 3. The Labute approximate surface area is 148 Å². The Hall–Kier alpha value is -0.700. The summed E-state index contributed by atoms with van der Waals surface area (Å²) in [5, 5.41) is 3.19. The van der Waals surface area contributed by atoms with Crippen molar-refractivity contribution in [1.82, 2.24) is 10.2 Å². The van der Waals surface area contributed by atoms with Gasteiger partial charge >= 0.3 is 12.4 Å². The number of nitrogens with zero attached hydrogens (tertiary/aromatic N) is 1. The van der Waals surface area contributed by atoms with Gasteiger partial charge in [0.15, 0.2) is 5.41 Å². The molecule has 1 N–H and O–H groups in total. The Morgan fingerprint density at radius 3 is 2.28 bits per heavy atom. The number of hydrogen-bond acceptors (Lipinski definition) is 2. The van der Waals surface area contributed by atoms with Gasteiger partial charge in [0.05, 0.1) is 0 Å². The zero-order chi connectivity index (χ0) is 18.2. The number of amides is 1. The highest BCUT2D eigenvalue weighted by Crippen LogP contribution is 2.55. The molecular formula is C15H23ClF6N2O. The Morgan fingerprint density at radius 2 is 1.84 bits per heavy atom. The molecule has 2 aliphatic heterocycles. The smallest absolute Gasteiger partial charge is 0.341 e. The average molecular weight is 397 g/mol. The van der Waals surface area contributed by atoms with E-state index in [1.807, 2.05) is 6.92 Å². The molecule has 2 rings (SSSR count). The Morgan fingerprint density at radius 1 is 1.24 bits per heavy atom. The van der Waals surface area contributed by atoms with Crippen molar-refractivity contribution in [3.63, 3.8) is 0 Å². The lowest BCUT2D eigenvalue weighted by Crippen LogP contribution is -2.52. The minimum absolute atomic E-state index is 0. The molecule has 0 saturated carbocycles. The van der Waals surface area contributed by atoms with E-state index in [4.69, 9.17) is 0 Å². The van der Waals surface area contributed by atoms with Crippen LogP contribution < -0.4 is 5.32 Å². The number of nitrogens with one attached hydrogen (secondary N) is 1. The molecule has 2 saturated heterocycles. The molecule has 10 heteroatoms. The van der Waals surface area contributed by atoms with Crippen LogP contribution in [-0.2, 0) is 4.79 Å².